The zero-order valence-corrected chi connectivity index (χ0v) is 13.7. The zero-order chi connectivity index (χ0) is 15.9. The van der Waals surface area contributed by atoms with E-state index >= 15 is 0 Å². The van der Waals surface area contributed by atoms with Crippen molar-refractivity contribution in [3.05, 3.63) is 39.9 Å². The quantitative estimate of drug-likeness (QED) is 0.869. The summed E-state index contributed by atoms with van der Waals surface area (Å²) in [6.45, 7) is 8.35. The summed E-state index contributed by atoms with van der Waals surface area (Å²) >= 11 is 0. The number of hydrogen-bond acceptors (Lipinski definition) is 4. The summed E-state index contributed by atoms with van der Waals surface area (Å²) in [6.07, 6.45) is 1.73. The number of likely N-dealkylation sites (N-methyl/N-ethyl adjacent to an activating group) is 1. The topological polar surface area (TPSA) is 47.4 Å². The molecular weight excluding hydrogens is 278 g/mol. The minimum atomic E-state index is 0.0240. The lowest BCUT2D eigenvalue weighted by Gasteiger charge is -2.21. The number of likely N-dealkylation sites (tertiary alicyclic amines) is 1. The molecule has 0 spiro atoms. The van der Waals surface area contributed by atoms with E-state index in [1.54, 1.807) is 10.9 Å². The highest BCUT2D eigenvalue weighted by Crippen LogP contribution is 2.24. The molecule has 0 radical (unpaired) electrons. The molecule has 2 aromatic rings. The van der Waals surface area contributed by atoms with Crippen molar-refractivity contribution < 1.29 is 4.74 Å². The lowest BCUT2D eigenvalue weighted by Crippen LogP contribution is -2.33. The fraction of sp³-hybridized carbons (Fsp3) is 0.529. The Morgan fingerprint density at radius 3 is 2.82 bits per heavy atom. The molecule has 2 atom stereocenters. The van der Waals surface area contributed by atoms with E-state index < -0.39 is 0 Å². The predicted octanol–water partition coefficient (Wildman–Crippen LogP) is 1.90. The van der Waals surface area contributed by atoms with Gasteiger partial charge in [0.25, 0.3) is 5.56 Å². The Hall–Kier alpha value is -1.72. The van der Waals surface area contributed by atoms with Crippen LogP contribution < -0.4 is 5.56 Å². The van der Waals surface area contributed by atoms with Gasteiger partial charge in [0.15, 0.2) is 0 Å². The van der Waals surface area contributed by atoms with Gasteiger partial charge in [-0.1, -0.05) is 6.07 Å². The van der Waals surface area contributed by atoms with Crippen LogP contribution in [0.3, 0.4) is 0 Å². The van der Waals surface area contributed by atoms with Gasteiger partial charge in [-0.25, -0.2) is 4.98 Å². The molecule has 0 bridgehead atoms. The van der Waals surface area contributed by atoms with Gasteiger partial charge in [-0.2, -0.15) is 0 Å². The van der Waals surface area contributed by atoms with Crippen LogP contribution in [0.4, 0.5) is 0 Å². The van der Waals surface area contributed by atoms with Crippen LogP contribution >= 0.6 is 0 Å². The van der Waals surface area contributed by atoms with Gasteiger partial charge in [0.2, 0.25) is 0 Å². The molecule has 118 valence electrons. The summed E-state index contributed by atoms with van der Waals surface area (Å²) < 4.78 is 7.57. The van der Waals surface area contributed by atoms with E-state index in [2.05, 4.69) is 16.9 Å². The average Bonchev–Trinajstić information content (AvgIpc) is 2.84. The van der Waals surface area contributed by atoms with Gasteiger partial charge in [-0.3, -0.25) is 9.36 Å². The fourth-order valence-corrected chi connectivity index (χ4v) is 3.27. The van der Waals surface area contributed by atoms with Crippen molar-refractivity contribution >= 4 is 10.9 Å². The lowest BCUT2D eigenvalue weighted by atomic mass is 10.1. The van der Waals surface area contributed by atoms with Crippen LogP contribution in [0, 0.1) is 13.8 Å². The number of aromatic nitrogens is 2. The van der Waals surface area contributed by atoms with Crippen LogP contribution in [0.15, 0.2) is 23.3 Å². The molecule has 1 fully saturated rings. The van der Waals surface area contributed by atoms with E-state index in [1.165, 1.54) is 0 Å². The molecule has 5 heteroatoms. The highest BCUT2D eigenvalue weighted by molar-refractivity contribution is 5.81. The second-order valence-electron chi connectivity index (χ2n) is 6.14. The Morgan fingerprint density at radius 2 is 2.09 bits per heavy atom. The van der Waals surface area contributed by atoms with Crippen LogP contribution in [-0.4, -0.2) is 47.3 Å². The maximum atomic E-state index is 12.9. The van der Waals surface area contributed by atoms with Gasteiger partial charge in [-0.05, 0) is 45.0 Å². The first kappa shape index (κ1) is 15.2. The van der Waals surface area contributed by atoms with E-state index in [9.17, 15) is 4.79 Å². The van der Waals surface area contributed by atoms with Crippen LogP contribution in [0.1, 0.15) is 24.1 Å². The third-order valence-corrected chi connectivity index (χ3v) is 4.64. The first-order valence-corrected chi connectivity index (χ1v) is 7.80. The first-order valence-electron chi connectivity index (χ1n) is 7.80. The Morgan fingerprint density at radius 1 is 1.32 bits per heavy atom. The van der Waals surface area contributed by atoms with E-state index in [-0.39, 0.29) is 17.7 Å². The van der Waals surface area contributed by atoms with Crippen LogP contribution in [0.5, 0.6) is 0 Å². The molecule has 1 aromatic heterocycles. The Labute approximate surface area is 130 Å². The van der Waals surface area contributed by atoms with E-state index in [1.807, 2.05) is 32.9 Å². The highest BCUT2D eigenvalue weighted by Gasteiger charge is 2.33. The van der Waals surface area contributed by atoms with Crippen molar-refractivity contribution in [2.45, 2.75) is 32.9 Å². The van der Waals surface area contributed by atoms with Crippen molar-refractivity contribution in [2.24, 2.45) is 0 Å². The van der Waals surface area contributed by atoms with Crippen molar-refractivity contribution in [2.75, 3.05) is 26.7 Å². The third kappa shape index (κ3) is 2.44. The largest absolute Gasteiger partial charge is 0.375 e. The Bertz CT molecular complexity index is 753. The fourth-order valence-electron chi connectivity index (χ4n) is 3.27. The van der Waals surface area contributed by atoms with Crippen molar-refractivity contribution in [3.8, 4) is 0 Å². The summed E-state index contributed by atoms with van der Waals surface area (Å²) in [5.41, 5.74) is 3.07. The Kier molecular flexibility index (Phi) is 4.02. The standard InChI is InChI=1S/C17H23N3O2/c1-5-22-15-9-19(4)8-14(15)20-10-18-16-12(3)11(2)6-7-13(16)17(20)21/h6-7,10,14-15H,5,8-9H2,1-4H3/t14-,15-/m0/s1. The second kappa shape index (κ2) is 5.82. The number of nitrogens with zero attached hydrogens (tertiary/aromatic N) is 3. The lowest BCUT2D eigenvalue weighted by molar-refractivity contribution is 0.0459. The number of benzene rings is 1. The van der Waals surface area contributed by atoms with Crippen LogP contribution in [-0.2, 0) is 4.74 Å². The molecule has 1 aromatic carbocycles. The van der Waals surface area contributed by atoms with E-state index in [0.29, 0.717) is 12.0 Å². The minimum absolute atomic E-state index is 0.0240. The SMILES string of the molecule is CCO[C@H]1CN(C)C[C@@H]1n1cnc2c(C)c(C)ccc2c1=O. The third-order valence-electron chi connectivity index (χ3n) is 4.64. The summed E-state index contributed by atoms with van der Waals surface area (Å²) in [5, 5.41) is 0.690. The van der Waals surface area contributed by atoms with Gasteiger partial charge in [0.1, 0.15) is 0 Å². The number of fused-ring (bicyclic) bond motifs is 1. The monoisotopic (exact) mass is 301 g/mol. The number of ether oxygens (including phenoxy) is 1. The Balaban J connectivity index is 2.10. The van der Waals surface area contributed by atoms with Gasteiger partial charge >= 0.3 is 0 Å². The van der Waals surface area contributed by atoms with E-state index in [4.69, 9.17) is 4.74 Å². The summed E-state index contributed by atoms with van der Waals surface area (Å²) in [5.74, 6) is 0. The van der Waals surface area contributed by atoms with Gasteiger partial charge in [0, 0.05) is 19.7 Å². The highest BCUT2D eigenvalue weighted by atomic mass is 16.5. The number of aryl methyl sites for hydroxylation is 2. The number of rotatable bonds is 3. The molecule has 1 aliphatic rings. The molecule has 0 saturated carbocycles. The van der Waals surface area contributed by atoms with Crippen molar-refractivity contribution in [3.63, 3.8) is 0 Å². The maximum absolute atomic E-state index is 12.9. The maximum Gasteiger partial charge on any atom is 0.261 e. The van der Waals surface area contributed by atoms with Crippen molar-refractivity contribution in [1.29, 1.82) is 0 Å². The van der Waals surface area contributed by atoms with Crippen molar-refractivity contribution in [1.82, 2.24) is 14.5 Å². The molecule has 0 aliphatic carbocycles. The molecule has 2 heterocycles. The molecule has 0 amide bonds. The zero-order valence-electron chi connectivity index (χ0n) is 13.7. The molecule has 22 heavy (non-hydrogen) atoms. The second-order valence-corrected chi connectivity index (χ2v) is 6.14. The summed E-state index contributed by atoms with van der Waals surface area (Å²) in [6, 6.07) is 3.90. The number of hydrogen-bond donors (Lipinski definition) is 0. The smallest absolute Gasteiger partial charge is 0.261 e. The molecule has 1 aliphatic heterocycles. The molecular formula is C17H23N3O2. The van der Waals surface area contributed by atoms with Gasteiger partial charge < -0.3 is 9.64 Å². The molecule has 5 nitrogen and oxygen atoms in total. The van der Waals surface area contributed by atoms with Crippen LogP contribution in [0.2, 0.25) is 0 Å². The first-order chi connectivity index (χ1) is 10.5. The molecule has 3 rings (SSSR count). The average molecular weight is 301 g/mol. The minimum Gasteiger partial charge on any atom is -0.375 e. The molecule has 0 N–H and O–H groups in total. The molecule has 0 unspecified atom stereocenters. The van der Waals surface area contributed by atoms with E-state index in [0.717, 1.165) is 29.7 Å². The van der Waals surface area contributed by atoms with Crippen LogP contribution in [0.25, 0.3) is 10.9 Å². The summed E-state index contributed by atoms with van der Waals surface area (Å²) in [4.78, 5) is 19.6. The van der Waals surface area contributed by atoms with Gasteiger partial charge in [-0.15, -0.1) is 0 Å². The molecule has 1 saturated heterocycles. The predicted molar refractivity (Wildman–Crippen MR) is 87.4 cm³/mol. The van der Waals surface area contributed by atoms with Gasteiger partial charge in [0.05, 0.1) is 29.4 Å². The normalized spacial score (nSPS) is 22.5. The summed E-state index contributed by atoms with van der Waals surface area (Å²) in [7, 11) is 2.05.